The van der Waals surface area contributed by atoms with Gasteiger partial charge in [0.25, 0.3) is 11.2 Å². The van der Waals surface area contributed by atoms with Gasteiger partial charge in [-0.3, -0.25) is 24.3 Å². The third-order valence-electron chi connectivity index (χ3n) is 3.28. The molecule has 0 saturated heterocycles. The molecular formula is C13H16N4O4. The number of carbonyl (C=O) groups excluding carboxylic acids is 1. The molecule has 1 amide bonds. The lowest BCUT2D eigenvalue weighted by atomic mass is 9.90. The summed E-state index contributed by atoms with van der Waals surface area (Å²) >= 11 is 0. The van der Waals surface area contributed by atoms with E-state index in [-0.39, 0.29) is 18.2 Å². The average molecular weight is 292 g/mol. The van der Waals surface area contributed by atoms with Crippen LogP contribution >= 0.6 is 0 Å². The molecule has 0 fully saturated rings. The van der Waals surface area contributed by atoms with Crippen LogP contribution in [-0.4, -0.2) is 20.9 Å². The van der Waals surface area contributed by atoms with Crippen LogP contribution in [0.15, 0.2) is 23.1 Å². The number of aromatic nitrogens is 1. The number of hydrogen-bond acceptors (Lipinski definition) is 5. The fraction of sp³-hybridized carbons (Fsp3) is 0.462. The van der Waals surface area contributed by atoms with E-state index < -0.39 is 21.9 Å². The molecular weight excluding hydrogens is 276 g/mol. The number of nitriles is 1. The van der Waals surface area contributed by atoms with Gasteiger partial charge in [-0.1, -0.05) is 13.8 Å². The second-order valence-corrected chi connectivity index (χ2v) is 5.13. The van der Waals surface area contributed by atoms with Crippen molar-refractivity contribution in [2.24, 2.45) is 5.92 Å². The molecule has 0 aliphatic carbocycles. The molecule has 0 aromatic carbocycles. The molecule has 8 nitrogen and oxygen atoms in total. The van der Waals surface area contributed by atoms with Crippen LogP contribution in [0.25, 0.3) is 0 Å². The Hall–Kier alpha value is -2.69. The molecule has 0 aliphatic heterocycles. The van der Waals surface area contributed by atoms with Gasteiger partial charge >= 0.3 is 0 Å². The van der Waals surface area contributed by atoms with Gasteiger partial charge in [-0.25, -0.2) is 0 Å². The summed E-state index contributed by atoms with van der Waals surface area (Å²) in [5.74, 6) is -0.691. The molecule has 21 heavy (non-hydrogen) atoms. The summed E-state index contributed by atoms with van der Waals surface area (Å²) in [5.41, 5.74) is -1.88. The lowest BCUT2D eigenvalue weighted by Gasteiger charge is -2.27. The highest BCUT2D eigenvalue weighted by molar-refractivity contribution is 5.77. The van der Waals surface area contributed by atoms with E-state index in [0.717, 1.165) is 22.9 Å². The highest BCUT2D eigenvalue weighted by Crippen LogP contribution is 2.15. The Kier molecular flexibility index (Phi) is 4.81. The number of hydrogen-bond donors (Lipinski definition) is 1. The van der Waals surface area contributed by atoms with E-state index in [2.05, 4.69) is 5.32 Å². The standard InChI is InChI=1S/C13H16N4O4/c1-9(2)13(3,8-14)15-11(18)7-16-6-10(17(20)21)4-5-12(16)19/h4-6,9H,7H2,1-3H3,(H,15,18)/t13-/m1/s1. The van der Waals surface area contributed by atoms with E-state index in [1.165, 1.54) is 0 Å². The van der Waals surface area contributed by atoms with E-state index in [1.54, 1.807) is 20.8 Å². The van der Waals surface area contributed by atoms with Crippen molar-refractivity contribution in [2.75, 3.05) is 0 Å². The summed E-state index contributed by atoms with van der Waals surface area (Å²) in [5, 5.41) is 22.3. The molecule has 8 heteroatoms. The maximum Gasteiger partial charge on any atom is 0.285 e. The molecule has 0 unspecified atom stereocenters. The molecule has 1 heterocycles. The molecule has 1 rings (SSSR count). The Balaban J connectivity index is 2.95. The van der Waals surface area contributed by atoms with Crippen molar-refractivity contribution >= 4 is 11.6 Å². The van der Waals surface area contributed by atoms with E-state index >= 15 is 0 Å². The predicted molar refractivity (Wildman–Crippen MR) is 74.4 cm³/mol. The lowest BCUT2D eigenvalue weighted by molar-refractivity contribution is -0.385. The smallest absolute Gasteiger partial charge is 0.285 e. The first-order valence-electron chi connectivity index (χ1n) is 6.26. The molecule has 0 bridgehead atoms. The third kappa shape index (κ3) is 3.89. The van der Waals surface area contributed by atoms with Crippen molar-refractivity contribution in [1.82, 2.24) is 9.88 Å². The van der Waals surface area contributed by atoms with Crippen LogP contribution in [0.1, 0.15) is 20.8 Å². The molecule has 1 aromatic heterocycles. The zero-order chi connectivity index (χ0) is 16.2. The molecule has 1 N–H and O–H groups in total. The molecule has 112 valence electrons. The predicted octanol–water partition coefficient (Wildman–Crippen LogP) is 0.811. The van der Waals surface area contributed by atoms with Gasteiger partial charge in [-0.15, -0.1) is 0 Å². The summed E-state index contributed by atoms with van der Waals surface area (Å²) in [6, 6.07) is 4.11. The second kappa shape index (κ2) is 6.17. The molecule has 1 atom stereocenters. The van der Waals surface area contributed by atoms with Crippen molar-refractivity contribution in [3.63, 3.8) is 0 Å². The van der Waals surface area contributed by atoms with E-state index in [1.807, 2.05) is 6.07 Å². The number of amides is 1. The minimum Gasteiger partial charge on any atom is -0.336 e. The average Bonchev–Trinajstić information content (AvgIpc) is 2.40. The van der Waals surface area contributed by atoms with Gasteiger partial charge in [0, 0.05) is 12.1 Å². The molecule has 1 aromatic rings. The van der Waals surface area contributed by atoms with Crippen LogP contribution in [0.4, 0.5) is 5.69 Å². The van der Waals surface area contributed by atoms with Gasteiger partial charge in [-0.2, -0.15) is 5.26 Å². The maximum absolute atomic E-state index is 11.9. The van der Waals surface area contributed by atoms with Crippen LogP contribution in [0.2, 0.25) is 0 Å². The number of pyridine rings is 1. The van der Waals surface area contributed by atoms with Gasteiger partial charge in [0.1, 0.15) is 12.1 Å². The van der Waals surface area contributed by atoms with Crippen LogP contribution in [0.5, 0.6) is 0 Å². The minimum absolute atomic E-state index is 0.131. The van der Waals surface area contributed by atoms with Crippen LogP contribution < -0.4 is 10.9 Å². The molecule has 0 aliphatic rings. The van der Waals surface area contributed by atoms with Crippen LogP contribution in [-0.2, 0) is 11.3 Å². The second-order valence-electron chi connectivity index (χ2n) is 5.13. The molecule has 0 spiro atoms. The maximum atomic E-state index is 11.9. The number of nitro groups is 1. The van der Waals surface area contributed by atoms with Crippen molar-refractivity contribution < 1.29 is 9.72 Å². The number of rotatable bonds is 5. The SMILES string of the molecule is CC(C)[C@@](C)(C#N)NC(=O)Cn1cc([N+](=O)[O-])ccc1=O. The first kappa shape index (κ1) is 16.4. The Labute approximate surface area is 121 Å². The van der Waals surface area contributed by atoms with Gasteiger partial charge in [0.2, 0.25) is 5.91 Å². The highest BCUT2D eigenvalue weighted by Gasteiger charge is 2.30. The third-order valence-corrected chi connectivity index (χ3v) is 3.28. The Morgan fingerprint density at radius 3 is 2.67 bits per heavy atom. The first-order valence-corrected chi connectivity index (χ1v) is 6.26. The van der Waals surface area contributed by atoms with E-state index in [9.17, 15) is 19.7 Å². The van der Waals surface area contributed by atoms with Crippen molar-refractivity contribution in [3.8, 4) is 6.07 Å². The Bertz CT molecular complexity index is 659. The zero-order valence-corrected chi connectivity index (χ0v) is 12.0. The largest absolute Gasteiger partial charge is 0.336 e. The monoisotopic (exact) mass is 292 g/mol. The number of carbonyl (C=O) groups is 1. The van der Waals surface area contributed by atoms with Crippen LogP contribution in [0.3, 0.4) is 0 Å². The Morgan fingerprint density at radius 1 is 1.57 bits per heavy atom. The van der Waals surface area contributed by atoms with Crippen molar-refractivity contribution in [3.05, 3.63) is 38.8 Å². The van der Waals surface area contributed by atoms with Gasteiger partial charge in [-0.05, 0) is 12.8 Å². The minimum atomic E-state index is -1.07. The number of nitrogens with one attached hydrogen (secondary N) is 1. The summed E-state index contributed by atoms with van der Waals surface area (Å²) in [6.45, 7) is 4.75. The van der Waals surface area contributed by atoms with Gasteiger partial charge in [0.05, 0.1) is 17.2 Å². The summed E-state index contributed by atoms with van der Waals surface area (Å²) in [7, 11) is 0. The Morgan fingerprint density at radius 2 is 2.19 bits per heavy atom. The topological polar surface area (TPSA) is 118 Å². The fourth-order valence-electron chi connectivity index (χ4n) is 1.54. The quantitative estimate of drug-likeness (QED) is 0.636. The molecule has 0 saturated carbocycles. The summed E-state index contributed by atoms with van der Waals surface area (Å²) in [6.07, 6.45) is 1.00. The normalized spacial score (nSPS) is 13.3. The zero-order valence-electron chi connectivity index (χ0n) is 12.0. The lowest BCUT2D eigenvalue weighted by Crippen LogP contribution is -2.50. The van der Waals surface area contributed by atoms with Crippen molar-refractivity contribution in [1.29, 1.82) is 5.26 Å². The van der Waals surface area contributed by atoms with E-state index in [0.29, 0.717) is 0 Å². The fourth-order valence-corrected chi connectivity index (χ4v) is 1.54. The number of nitrogens with zero attached hydrogens (tertiary/aromatic N) is 3. The van der Waals surface area contributed by atoms with Gasteiger partial charge < -0.3 is 5.32 Å². The molecule has 0 radical (unpaired) electrons. The van der Waals surface area contributed by atoms with Gasteiger partial charge in [0.15, 0.2) is 0 Å². The van der Waals surface area contributed by atoms with Crippen molar-refractivity contribution in [2.45, 2.75) is 32.9 Å². The summed E-state index contributed by atoms with van der Waals surface area (Å²) in [4.78, 5) is 33.5. The van der Waals surface area contributed by atoms with Crippen LogP contribution in [0, 0.1) is 27.4 Å². The first-order chi connectivity index (χ1) is 9.69. The van der Waals surface area contributed by atoms with E-state index in [4.69, 9.17) is 5.26 Å². The summed E-state index contributed by atoms with van der Waals surface area (Å²) < 4.78 is 0.936. The highest BCUT2D eigenvalue weighted by atomic mass is 16.6.